The summed E-state index contributed by atoms with van der Waals surface area (Å²) in [7, 11) is 0. The van der Waals surface area contributed by atoms with Gasteiger partial charge in [0.25, 0.3) is 0 Å². The highest BCUT2D eigenvalue weighted by Crippen LogP contribution is 2.27. The van der Waals surface area contributed by atoms with E-state index in [1.165, 1.54) is 18.4 Å². The van der Waals surface area contributed by atoms with Gasteiger partial charge in [0.15, 0.2) is 0 Å². The maximum atomic E-state index is 12.2. The first-order valence-corrected chi connectivity index (χ1v) is 9.91. The summed E-state index contributed by atoms with van der Waals surface area (Å²) in [6.45, 7) is 2.49. The Morgan fingerprint density at radius 3 is 2.41 bits per heavy atom. The van der Waals surface area contributed by atoms with Crippen molar-refractivity contribution in [2.24, 2.45) is 5.92 Å². The van der Waals surface area contributed by atoms with Crippen LogP contribution in [0, 0.1) is 5.92 Å². The van der Waals surface area contributed by atoms with Crippen molar-refractivity contribution in [3.63, 3.8) is 0 Å². The molecule has 1 saturated carbocycles. The van der Waals surface area contributed by atoms with Gasteiger partial charge in [0.05, 0.1) is 18.8 Å². The average molecular weight is 411 g/mol. The van der Waals surface area contributed by atoms with Gasteiger partial charge in [-0.1, -0.05) is 60.7 Å². The number of carbonyl (C=O) groups is 1. The summed E-state index contributed by atoms with van der Waals surface area (Å²) in [6, 6.07) is 20.4. The van der Waals surface area contributed by atoms with Gasteiger partial charge in [-0.3, -0.25) is 9.48 Å². The van der Waals surface area contributed by atoms with Gasteiger partial charge in [0.2, 0.25) is 5.91 Å². The molecule has 5 nitrogen and oxygen atoms in total. The highest BCUT2D eigenvalue weighted by Gasteiger charge is 2.20. The van der Waals surface area contributed by atoms with Crippen LogP contribution in [-0.4, -0.2) is 28.8 Å². The summed E-state index contributed by atoms with van der Waals surface area (Å²) >= 11 is 0. The molecule has 2 N–H and O–H groups in total. The van der Waals surface area contributed by atoms with Crippen LogP contribution >= 0.6 is 12.4 Å². The number of hydrogen-bond acceptors (Lipinski definition) is 3. The number of aromatic nitrogens is 2. The fourth-order valence-electron chi connectivity index (χ4n) is 3.25. The molecular formula is C23H27ClN4O. The molecule has 6 heteroatoms. The molecule has 0 atom stereocenters. The van der Waals surface area contributed by atoms with E-state index in [-0.39, 0.29) is 18.3 Å². The predicted molar refractivity (Wildman–Crippen MR) is 118 cm³/mol. The van der Waals surface area contributed by atoms with Crippen LogP contribution in [0.1, 0.15) is 24.0 Å². The molecule has 29 heavy (non-hydrogen) atoms. The smallest absolute Gasteiger partial charge is 0.234 e. The van der Waals surface area contributed by atoms with E-state index in [4.69, 9.17) is 5.10 Å². The Balaban J connectivity index is 0.00000240. The van der Waals surface area contributed by atoms with Gasteiger partial charge in [0.1, 0.15) is 0 Å². The van der Waals surface area contributed by atoms with Crippen LogP contribution in [0.15, 0.2) is 66.9 Å². The van der Waals surface area contributed by atoms with Crippen LogP contribution in [0.4, 0.5) is 0 Å². The fourth-order valence-corrected chi connectivity index (χ4v) is 3.25. The molecule has 1 fully saturated rings. The molecule has 0 saturated heterocycles. The lowest BCUT2D eigenvalue weighted by Crippen LogP contribution is -2.34. The molecule has 3 aromatic rings. The third-order valence-corrected chi connectivity index (χ3v) is 4.96. The summed E-state index contributed by atoms with van der Waals surface area (Å²) in [4.78, 5) is 12.2. The van der Waals surface area contributed by atoms with Gasteiger partial charge >= 0.3 is 0 Å². The van der Waals surface area contributed by atoms with E-state index in [0.717, 1.165) is 29.3 Å². The van der Waals surface area contributed by atoms with Crippen LogP contribution in [-0.2, 0) is 17.9 Å². The molecule has 1 aliphatic rings. The second kappa shape index (κ2) is 10.2. The Hall–Kier alpha value is -2.63. The number of nitrogens with zero attached hydrogens (tertiary/aromatic N) is 2. The Labute approximate surface area is 177 Å². The van der Waals surface area contributed by atoms with Crippen molar-refractivity contribution in [3.8, 4) is 11.3 Å². The quantitative estimate of drug-likeness (QED) is 0.566. The maximum Gasteiger partial charge on any atom is 0.234 e. The Morgan fingerprint density at radius 1 is 1.03 bits per heavy atom. The van der Waals surface area contributed by atoms with E-state index < -0.39 is 0 Å². The first-order chi connectivity index (χ1) is 13.8. The number of benzene rings is 2. The van der Waals surface area contributed by atoms with Gasteiger partial charge in [0, 0.05) is 23.9 Å². The first-order valence-electron chi connectivity index (χ1n) is 9.91. The third kappa shape index (κ3) is 6.17. The number of hydrogen-bond donors (Lipinski definition) is 2. The number of rotatable bonds is 9. The molecule has 0 spiro atoms. The van der Waals surface area contributed by atoms with Gasteiger partial charge in [-0.15, -0.1) is 12.4 Å². The van der Waals surface area contributed by atoms with E-state index in [9.17, 15) is 4.79 Å². The lowest BCUT2D eigenvalue weighted by atomic mass is 10.1. The molecule has 0 bridgehead atoms. The average Bonchev–Trinajstić information content (AvgIpc) is 3.47. The second-order valence-electron chi connectivity index (χ2n) is 7.40. The van der Waals surface area contributed by atoms with Crippen molar-refractivity contribution in [1.29, 1.82) is 0 Å². The minimum Gasteiger partial charge on any atom is -0.351 e. The van der Waals surface area contributed by atoms with Crippen molar-refractivity contribution >= 4 is 18.3 Å². The lowest BCUT2D eigenvalue weighted by Gasteiger charge is -2.06. The monoisotopic (exact) mass is 410 g/mol. The molecule has 0 aliphatic heterocycles. The highest BCUT2D eigenvalue weighted by molar-refractivity contribution is 5.85. The largest absolute Gasteiger partial charge is 0.351 e. The maximum absolute atomic E-state index is 12.2. The Morgan fingerprint density at radius 2 is 1.72 bits per heavy atom. The molecule has 1 aliphatic carbocycles. The summed E-state index contributed by atoms with van der Waals surface area (Å²) in [6.07, 6.45) is 4.61. The molecule has 0 unspecified atom stereocenters. The molecule has 1 amide bonds. The predicted octanol–water partition coefficient (Wildman–Crippen LogP) is 3.64. The number of amides is 1. The summed E-state index contributed by atoms with van der Waals surface area (Å²) in [5.74, 6) is 0.796. The minimum absolute atomic E-state index is 0. The highest BCUT2D eigenvalue weighted by atomic mass is 35.5. The van der Waals surface area contributed by atoms with E-state index in [1.54, 1.807) is 0 Å². The zero-order valence-corrected chi connectivity index (χ0v) is 17.2. The van der Waals surface area contributed by atoms with Crippen molar-refractivity contribution in [2.75, 3.05) is 13.1 Å². The molecule has 0 radical (unpaired) electrons. The van der Waals surface area contributed by atoms with Gasteiger partial charge in [-0.2, -0.15) is 5.10 Å². The van der Waals surface area contributed by atoms with Gasteiger partial charge < -0.3 is 10.6 Å². The Kier molecular flexibility index (Phi) is 7.44. The molecule has 1 aromatic heterocycles. The van der Waals surface area contributed by atoms with Crippen molar-refractivity contribution in [2.45, 2.75) is 25.9 Å². The number of carbonyl (C=O) groups excluding carboxylic acids is 1. The van der Waals surface area contributed by atoms with E-state index >= 15 is 0 Å². The standard InChI is InChI=1S/C23H26N4O.ClH/c28-22(15-24-13-18-11-12-18)25-14-21-17-27(16-19-7-3-1-4-8-19)26-23(21)20-9-5-2-6-10-20;/h1-10,17-18,24H,11-16H2,(H,25,28);1H. The Bertz CT molecular complexity index is 907. The van der Waals surface area contributed by atoms with Crippen molar-refractivity contribution in [3.05, 3.63) is 78.0 Å². The van der Waals surface area contributed by atoms with E-state index in [2.05, 4.69) is 34.9 Å². The second-order valence-corrected chi connectivity index (χ2v) is 7.40. The number of halogens is 1. The minimum atomic E-state index is 0. The number of nitrogens with one attached hydrogen (secondary N) is 2. The normalized spacial score (nSPS) is 13.0. The first kappa shape index (κ1) is 21.1. The van der Waals surface area contributed by atoms with Crippen LogP contribution in [0.3, 0.4) is 0 Å². The summed E-state index contributed by atoms with van der Waals surface area (Å²) in [5.41, 5.74) is 4.20. The van der Waals surface area contributed by atoms with Crippen LogP contribution in [0.25, 0.3) is 11.3 Å². The summed E-state index contributed by atoms with van der Waals surface area (Å²) < 4.78 is 1.95. The van der Waals surface area contributed by atoms with Crippen LogP contribution < -0.4 is 10.6 Å². The van der Waals surface area contributed by atoms with Crippen LogP contribution in [0.2, 0.25) is 0 Å². The zero-order valence-electron chi connectivity index (χ0n) is 16.4. The van der Waals surface area contributed by atoms with Gasteiger partial charge in [-0.25, -0.2) is 0 Å². The topological polar surface area (TPSA) is 59.0 Å². The third-order valence-electron chi connectivity index (χ3n) is 4.96. The molecule has 4 rings (SSSR count). The molecular weight excluding hydrogens is 384 g/mol. The van der Waals surface area contributed by atoms with E-state index in [0.29, 0.717) is 19.6 Å². The van der Waals surface area contributed by atoms with Gasteiger partial charge in [-0.05, 0) is 30.9 Å². The van der Waals surface area contributed by atoms with E-state index in [1.807, 2.05) is 47.3 Å². The molecule has 1 heterocycles. The SMILES string of the molecule is Cl.O=C(CNCC1CC1)NCc1cn(Cc2ccccc2)nc1-c1ccccc1. The van der Waals surface area contributed by atoms with Crippen LogP contribution in [0.5, 0.6) is 0 Å². The van der Waals surface area contributed by atoms with Crippen molar-refractivity contribution in [1.82, 2.24) is 20.4 Å². The summed E-state index contributed by atoms with van der Waals surface area (Å²) in [5, 5.41) is 11.1. The zero-order chi connectivity index (χ0) is 19.2. The fraction of sp³-hybridized carbons (Fsp3) is 0.304. The molecule has 152 valence electrons. The lowest BCUT2D eigenvalue weighted by molar-refractivity contribution is -0.120. The van der Waals surface area contributed by atoms with Crippen molar-refractivity contribution < 1.29 is 4.79 Å². The molecule has 2 aromatic carbocycles.